The molecule has 10 heteroatoms. The van der Waals surface area contributed by atoms with Gasteiger partial charge in [0, 0.05) is 11.8 Å². The third-order valence-corrected chi connectivity index (χ3v) is 6.02. The van der Waals surface area contributed by atoms with Gasteiger partial charge < -0.3 is 9.47 Å². The van der Waals surface area contributed by atoms with Crippen LogP contribution in [0.15, 0.2) is 48.5 Å². The lowest BCUT2D eigenvalue weighted by molar-refractivity contribution is -0.135. The fraction of sp³-hybridized carbons (Fsp3) is 0.385. The van der Waals surface area contributed by atoms with Crippen molar-refractivity contribution in [2.24, 2.45) is 11.8 Å². The Bertz CT molecular complexity index is 996. The Morgan fingerprint density at radius 3 is 1.36 bits per heavy atom. The predicted octanol–water partition coefficient (Wildman–Crippen LogP) is 1.86. The number of ether oxygens (including phenoxy) is 2. The first-order valence-corrected chi connectivity index (χ1v) is 11.9. The van der Waals surface area contributed by atoms with E-state index in [2.05, 4.69) is 21.7 Å². The van der Waals surface area contributed by atoms with Crippen molar-refractivity contribution >= 4 is 23.6 Å². The van der Waals surface area contributed by atoms with Gasteiger partial charge in [-0.2, -0.15) is 0 Å². The van der Waals surface area contributed by atoms with E-state index in [-0.39, 0.29) is 36.9 Å². The molecule has 0 atom stereocenters. The lowest BCUT2D eigenvalue weighted by Gasteiger charge is -2.27. The van der Waals surface area contributed by atoms with Gasteiger partial charge in [0.05, 0.1) is 0 Å². The number of nitrogens with one attached hydrogen (secondary N) is 4. The van der Waals surface area contributed by atoms with E-state index in [0.29, 0.717) is 37.2 Å². The molecule has 0 aromatic heterocycles. The van der Waals surface area contributed by atoms with Crippen LogP contribution >= 0.6 is 0 Å². The van der Waals surface area contributed by atoms with Gasteiger partial charge in [-0.3, -0.25) is 40.9 Å². The van der Waals surface area contributed by atoms with Crippen molar-refractivity contribution < 1.29 is 28.7 Å². The molecule has 1 aliphatic carbocycles. The zero-order valence-corrected chi connectivity index (χ0v) is 20.5. The molecule has 1 saturated carbocycles. The minimum absolute atomic E-state index is 0.222. The van der Waals surface area contributed by atoms with Crippen LogP contribution in [0.5, 0.6) is 11.5 Å². The van der Waals surface area contributed by atoms with Gasteiger partial charge in [-0.05, 0) is 62.8 Å². The lowest BCUT2D eigenvalue weighted by atomic mass is 9.81. The van der Waals surface area contributed by atoms with E-state index in [9.17, 15) is 19.2 Å². The van der Waals surface area contributed by atoms with Crippen LogP contribution in [0.2, 0.25) is 0 Å². The number of carbonyl (C=O) groups excluding carboxylic acids is 4. The van der Waals surface area contributed by atoms with Crippen molar-refractivity contribution in [3.63, 3.8) is 0 Å². The maximum Gasteiger partial charge on any atom is 0.276 e. The fourth-order valence-electron chi connectivity index (χ4n) is 3.88. The Morgan fingerprint density at radius 1 is 0.639 bits per heavy atom. The van der Waals surface area contributed by atoms with Crippen molar-refractivity contribution in [1.82, 2.24) is 21.7 Å². The van der Waals surface area contributed by atoms with Gasteiger partial charge in [-0.25, -0.2) is 0 Å². The SMILES string of the molecule is Cc1ccccc1OCC(=O)NNC(=O)C1CCC(C(=O)NNC(=O)COc2ccccc2C)CC1. The van der Waals surface area contributed by atoms with Gasteiger partial charge in [0.15, 0.2) is 13.2 Å². The zero-order valence-electron chi connectivity index (χ0n) is 20.5. The fourth-order valence-corrected chi connectivity index (χ4v) is 3.88. The molecular formula is C26H32N4O6. The maximum absolute atomic E-state index is 12.4. The Labute approximate surface area is 210 Å². The Kier molecular flexibility index (Phi) is 9.67. The number of carbonyl (C=O) groups is 4. The Balaban J connectivity index is 1.30. The van der Waals surface area contributed by atoms with Gasteiger partial charge in [-0.15, -0.1) is 0 Å². The molecule has 0 heterocycles. The van der Waals surface area contributed by atoms with Crippen LogP contribution in [0.25, 0.3) is 0 Å². The average molecular weight is 497 g/mol. The number of hydrogen-bond donors (Lipinski definition) is 4. The van der Waals surface area contributed by atoms with E-state index in [1.165, 1.54) is 0 Å². The highest BCUT2D eigenvalue weighted by Crippen LogP contribution is 2.29. The number of hydrazine groups is 2. The van der Waals surface area contributed by atoms with Crippen LogP contribution in [0, 0.1) is 25.7 Å². The van der Waals surface area contributed by atoms with Crippen molar-refractivity contribution in [3.8, 4) is 11.5 Å². The monoisotopic (exact) mass is 496 g/mol. The highest BCUT2D eigenvalue weighted by atomic mass is 16.5. The summed E-state index contributed by atoms with van der Waals surface area (Å²) in [4.78, 5) is 48.8. The second-order valence-electron chi connectivity index (χ2n) is 8.73. The number of hydrogen-bond acceptors (Lipinski definition) is 6. The van der Waals surface area contributed by atoms with Gasteiger partial charge >= 0.3 is 0 Å². The highest BCUT2D eigenvalue weighted by molar-refractivity contribution is 5.85. The van der Waals surface area contributed by atoms with E-state index in [1.54, 1.807) is 12.1 Å². The molecule has 4 N–H and O–H groups in total. The summed E-state index contributed by atoms with van der Waals surface area (Å²) in [7, 11) is 0. The molecule has 36 heavy (non-hydrogen) atoms. The lowest BCUT2D eigenvalue weighted by Crippen LogP contribution is -2.48. The van der Waals surface area contributed by atoms with Crippen molar-refractivity contribution in [2.75, 3.05) is 13.2 Å². The molecule has 0 aliphatic heterocycles. The topological polar surface area (TPSA) is 135 Å². The summed E-state index contributed by atoms with van der Waals surface area (Å²) in [5, 5.41) is 0. The molecule has 2 aromatic rings. The average Bonchev–Trinajstić information content (AvgIpc) is 2.89. The first-order chi connectivity index (χ1) is 17.3. The van der Waals surface area contributed by atoms with E-state index in [4.69, 9.17) is 9.47 Å². The van der Waals surface area contributed by atoms with Gasteiger partial charge in [0.25, 0.3) is 11.8 Å². The highest BCUT2D eigenvalue weighted by Gasteiger charge is 2.30. The molecule has 0 saturated heterocycles. The summed E-state index contributed by atoms with van der Waals surface area (Å²) < 4.78 is 10.9. The van der Waals surface area contributed by atoms with E-state index >= 15 is 0 Å². The molecule has 2 aromatic carbocycles. The van der Waals surface area contributed by atoms with Crippen LogP contribution in [-0.2, 0) is 19.2 Å². The molecule has 4 amide bonds. The number of para-hydroxylation sites is 2. The zero-order chi connectivity index (χ0) is 25.9. The van der Waals surface area contributed by atoms with Gasteiger partial charge in [0.1, 0.15) is 11.5 Å². The largest absolute Gasteiger partial charge is 0.483 e. The number of rotatable bonds is 8. The smallest absolute Gasteiger partial charge is 0.276 e. The molecule has 0 bridgehead atoms. The molecule has 0 spiro atoms. The molecule has 10 nitrogen and oxygen atoms in total. The molecule has 192 valence electrons. The summed E-state index contributed by atoms with van der Waals surface area (Å²) in [6.45, 7) is 3.31. The Morgan fingerprint density at radius 2 is 1.00 bits per heavy atom. The van der Waals surface area contributed by atoms with Crippen LogP contribution < -0.4 is 31.2 Å². The van der Waals surface area contributed by atoms with Crippen LogP contribution in [0.3, 0.4) is 0 Å². The van der Waals surface area contributed by atoms with Crippen LogP contribution in [0.4, 0.5) is 0 Å². The minimum atomic E-state index is -0.471. The van der Waals surface area contributed by atoms with E-state index < -0.39 is 11.8 Å². The Hall–Kier alpha value is -4.08. The van der Waals surface area contributed by atoms with E-state index in [0.717, 1.165) is 11.1 Å². The second kappa shape index (κ2) is 13.1. The van der Waals surface area contributed by atoms with Gasteiger partial charge in [0.2, 0.25) is 11.8 Å². The van der Waals surface area contributed by atoms with Crippen molar-refractivity contribution in [3.05, 3.63) is 59.7 Å². The summed E-state index contributed by atoms with van der Waals surface area (Å²) in [6.07, 6.45) is 1.96. The maximum atomic E-state index is 12.4. The summed E-state index contributed by atoms with van der Waals surface area (Å²) in [6, 6.07) is 14.7. The number of benzene rings is 2. The molecule has 1 fully saturated rings. The molecule has 1 aliphatic rings. The van der Waals surface area contributed by atoms with Crippen molar-refractivity contribution in [1.29, 1.82) is 0 Å². The normalized spacial score (nSPS) is 16.8. The number of amides is 4. The third-order valence-electron chi connectivity index (χ3n) is 6.02. The molecule has 0 unspecified atom stereocenters. The van der Waals surface area contributed by atoms with E-state index in [1.807, 2.05) is 50.2 Å². The predicted molar refractivity (Wildman–Crippen MR) is 131 cm³/mol. The third kappa shape index (κ3) is 8.00. The van der Waals surface area contributed by atoms with Crippen molar-refractivity contribution in [2.45, 2.75) is 39.5 Å². The standard InChI is InChI=1S/C26H32N4O6/c1-17-7-3-5-9-21(17)35-15-23(31)27-29-25(33)19-11-13-20(14-12-19)26(34)30-28-24(32)16-36-22-10-6-4-8-18(22)2/h3-10,19-20H,11-16H2,1-2H3,(H,27,31)(H,28,32)(H,29,33)(H,30,34). The second-order valence-corrected chi connectivity index (χ2v) is 8.73. The molecule has 3 rings (SSSR count). The number of aryl methyl sites for hydroxylation is 2. The minimum Gasteiger partial charge on any atom is -0.483 e. The summed E-state index contributed by atoms with van der Waals surface area (Å²) in [5.74, 6) is -0.980. The molecular weight excluding hydrogens is 464 g/mol. The quantitative estimate of drug-likeness (QED) is 0.412. The van der Waals surface area contributed by atoms with Crippen LogP contribution in [-0.4, -0.2) is 36.8 Å². The summed E-state index contributed by atoms with van der Waals surface area (Å²) in [5.41, 5.74) is 11.4. The first-order valence-electron chi connectivity index (χ1n) is 11.9. The van der Waals surface area contributed by atoms with Crippen LogP contribution in [0.1, 0.15) is 36.8 Å². The molecule has 0 radical (unpaired) electrons. The summed E-state index contributed by atoms with van der Waals surface area (Å²) >= 11 is 0. The van der Waals surface area contributed by atoms with Gasteiger partial charge in [-0.1, -0.05) is 36.4 Å². The first kappa shape index (κ1) is 26.5.